The molecule has 0 saturated carbocycles. The zero-order valence-corrected chi connectivity index (χ0v) is 16.8. The third-order valence-electron chi connectivity index (χ3n) is 5.48. The number of ether oxygens (including phenoxy) is 1. The molecule has 1 N–H and O–H groups in total. The van der Waals surface area contributed by atoms with Gasteiger partial charge in [-0.25, -0.2) is 4.98 Å². The number of H-pyrrole nitrogens is 1. The first-order valence-electron chi connectivity index (χ1n) is 9.65. The number of amides is 1. The van der Waals surface area contributed by atoms with Crippen LogP contribution in [0.2, 0.25) is 5.02 Å². The molecular weight excluding hydrogens is 380 g/mol. The minimum atomic E-state index is -0.232. The van der Waals surface area contributed by atoms with Crippen LogP contribution in [0.25, 0.3) is 16.6 Å². The van der Waals surface area contributed by atoms with Gasteiger partial charge in [-0.3, -0.25) is 14.0 Å². The number of carbonyl (C=O) groups is 1. The number of hydrogen-bond donors (Lipinski definition) is 1. The maximum Gasteiger partial charge on any atom is 0.274 e. The third-order valence-corrected chi connectivity index (χ3v) is 5.79. The van der Waals surface area contributed by atoms with Crippen LogP contribution in [0.3, 0.4) is 0 Å². The molecule has 0 unspecified atom stereocenters. The average Bonchev–Trinajstić information content (AvgIpc) is 3.15. The van der Waals surface area contributed by atoms with Gasteiger partial charge in [0.15, 0.2) is 0 Å². The van der Waals surface area contributed by atoms with Crippen molar-refractivity contribution in [2.45, 2.75) is 32.6 Å². The highest BCUT2D eigenvalue weighted by atomic mass is 35.5. The first-order chi connectivity index (χ1) is 13.5. The predicted octanol–water partition coefficient (Wildman–Crippen LogP) is 3.21. The normalized spacial score (nSPS) is 15.1. The van der Waals surface area contributed by atoms with Crippen molar-refractivity contribution in [2.75, 3.05) is 26.3 Å². The molecule has 0 bridgehead atoms. The number of aromatic nitrogens is 3. The topological polar surface area (TPSA) is 79.7 Å². The number of imidazole rings is 1. The van der Waals surface area contributed by atoms with E-state index in [1.165, 1.54) is 0 Å². The first-order valence-corrected chi connectivity index (χ1v) is 10.0. The van der Waals surface area contributed by atoms with Gasteiger partial charge in [-0.1, -0.05) is 25.4 Å². The van der Waals surface area contributed by atoms with Crippen LogP contribution >= 0.6 is 11.6 Å². The van der Waals surface area contributed by atoms with Gasteiger partial charge in [0, 0.05) is 19.0 Å². The fourth-order valence-corrected chi connectivity index (χ4v) is 4.09. The van der Waals surface area contributed by atoms with Crippen molar-refractivity contribution in [3.05, 3.63) is 45.1 Å². The van der Waals surface area contributed by atoms with Gasteiger partial charge in [-0.2, -0.15) is 0 Å². The van der Waals surface area contributed by atoms with Gasteiger partial charge in [0.25, 0.3) is 11.5 Å². The van der Waals surface area contributed by atoms with Crippen LogP contribution in [0.4, 0.5) is 0 Å². The molecule has 0 atom stereocenters. The number of rotatable bonds is 4. The van der Waals surface area contributed by atoms with E-state index in [0.717, 1.165) is 24.2 Å². The second-order valence-electron chi connectivity index (χ2n) is 7.06. The molecule has 1 aliphatic rings. The summed E-state index contributed by atoms with van der Waals surface area (Å²) in [7, 11) is 0. The maximum atomic E-state index is 12.9. The molecule has 28 heavy (non-hydrogen) atoms. The van der Waals surface area contributed by atoms with E-state index in [9.17, 15) is 9.59 Å². The molecule has 8 heteroatoms. The molecule has 1 fully saturated rings. The van der Waals surface area contributed by atoms with Crippen LogP contribution in [0, 0.1) is 0 Å². The van der Waals surface area contributed by atoms with Gasteiger partial charge in [-0.15, -0.1) is 0 Å². The lowest BCUT2D eigenvalue weighted by atomic mass is 10.0. The molecule has 7 nitrogen and oxygen atoms in total. The second-order valence-corrected chi connectivity index (χ2v) is 7.47. The van der Waals surface area contributed by atoms with E-state index in [2.05, 4.69) is 23.8 Å². The van der Waals surface area contributed by atoms with Crippen LogP contribution in [0.15, 0.2) is 23.1 Å². The fraction of sp³-hybridized carbons (Fsp3) is 0.450. The highest BCUT2D eigenvalue weighted by Gasteiger charge is 2.23. The van der Waals surface area contributed by atoms with Crippen LogP contribution in [-0.4, -0.2) is 51.5 Å². The Morgan fingerprint density at radius 3 is 2.64 bits per heavy atom. The number of aromatic amines is 1. The SMILES string of the molecule is CCC(CC)c1ncc2c(=O)[nH]c3cc(C(=O)N4CCOCC4)c(Cl)cc3n12. The number of hydrogen-bond acceptors (Lipinski definition) is 4. The first kappa shape index (κ1) is 19.0. The van der Waals surface area contributed by atoms with Gasteiger partial charge >= 0.3 is 0 Å². The molecule has 148 valence electrons. The predicted molar refractivity (Wildman–Crippen MR) is 108 cm³/mol. The largest absolute Gasteiger partial charge is 0.378 e. The monoisotopic (exact) mass is 402 g/mol. The Kier molecular flexibility index (Phi) is 5.12. The Morgan fingerprint density at radius 2 is 1.96 bits per heavy atom. The van der Waals surface area contributed by atoms with Crippen LogP contribution < -0.4 is 5.56 Å². The molecule has 1 amide bonds. The number of nitrogens with one attached hydrogen (secondary N) is 1. The Balaban J connectivity index is 1.91. The minimum absolute atomic E-state index is 0.151. The number of morpholine rings is 1. The summed E-state index contributed by atoms with van der Waals surface area (Å²) in [5.74, 6) is 0.933. The molecule has 3 heterocycles. The number of carbonyl (C=O) groups excluding carboxylic acids is 1. The van der Waals surface area contributed by atoms with Gasteiger partial charge in [0.1, 0.15) is 11.3 Å². The van der Waals surface area contributed by atoms with Crippen LogP contribution in [-0.2, 0) is 4.74 Å². The van der Waals surface area contributed by atoms with E-state index in [4.69, 9.17) is 16.3 Å². The van der Waals surface area contributed by atoms with E-state index in [-0.39, 0.29) is 17.4 Å². The summed E-state index contributed by atoms with van der Waals surface area (Å²) in [6.45, 7) is 6.31. The number of benzene rings is 1. The lowest BCUT2D eigenvalue weighted by Gasteiger charge is -2.27. The van der Waals surface area contributed by atoms with Crippen molar-refractivity contribution in [1.29, 1.82) is 0 Å². The third kappa shape index (κ3) is 3.08. The molecule has 4 rings (SSSR count). The zero-order chi connectivity index (χ0) is 19.8. The minimum Gasteiger partial charge on any atom is -0.378 e. The molecular formula is C20H23ClN4O3. The summed E-state index contributed by atoms with van der Waals surface area (Å²) in [5, 5.41) is 0.363. The second kappa shape index (κ2) is 7.56. The molecule has 0 aliphatic carbocycles. The van der Waals surface area contributed by atoms with Crippen molar-refractivity contribution in [3.63, 3.8) is 0 Å². The molecule has 1 aliphatic heterocycles. The fourth-order valence-electron chi connectivity index (χ4n) is 3.86. The summed E-state index contributed by atoms with van der Waals surface area (Å²) in [6.07, 6.45) is 3.45. The highest BCUT2D eigenvalue weighted by Crippen LogP contribution is 2.28. The van der Waals surface area contributed by atoms with E-state index in [1.54, 1.807) is 23.2 Å². The number of nitrogens with zero attached hydrogens (tertiary/aromatic N) is 3. The van der Waals surface area contributed by atoms with Gasteiger partial charge < -0.3 is 14.6 Å². The summed E-state index contributed by atoms with van der Waals surface area (Å²) >= 11 is 6.52. The van der Waals surface area contributed by atoms with Crippen LogP contribution in [0.1, 0.15) is 48.8 Å². The smallest absolute Gasteiger partial charge is 0.274 e. The lowest BCUT2D eigenvalue weighted by Crippen LogP contribution is -2.40. The Morgan fingerprint density at radius 1 is 1.25 bits per heavy atom. The average molecular weight is 403 g/mol. The van der Waals surface area contributed by atoms with Crippen molar-refractivity contribution in [1.82, 2.24) is 19.3 Å². The van der Waals surface area contributed by atoms with E-state index < -0.39 is 0 Å². The molecule has 3 aromatic rings. The van der Waals surface area contributed by atoms with Crippen LogP contribution in [0.5, 0.6) is 0 Å². The highest BCUT2D eigenvalue weighted by molar-refractivity contribution is 6.34. The Bertz CT molecular complexity index is 1090. The van der Waals surface area contributed by atoms with Gasteiger partial charge in [0.05, 0.1) is 41.0 Å². The number of halogens is 1. The molecule has 0 spiro atoms. The Hall–Kier alpha value is -2.38. The maximum absolute atomic E-state index is 12.9. The van der Waals surface area contributed by atoms with E-state index in [1.807, 2.05) is 4.40 Å². The summed E-state index contributed by atoms with van der Waals surface area (Å²) in [4.78, 5) is 34.6. The lowest BCUT2D eigenvalue weighted by molar-refractivity contribution is 0.0303. The molecule has 0 radical (unpaired) electrons. The zero-order valence-electron chi connectivity index (χ0n) is 16.0. The Labute approximate surface area is 167 Å². The van der Waals surface area contributed by atoms with Crippen molar-refractivity contribution in [2.24, 2.45) is 0 Å². The van der Waals surface area contributed by atoms with Crippen molar-refractivity contribution < 1.29 is 9.53 Å². The quantitative estimate of drug-likeness (QED) is 0.726. The summed E-state index contributed by atoms with van der Waals surface area (Å²) in [5.41, 5.74) is 1.96. The molecule has 2 aromatic heterocycles. The van der Waals surface area contributed by atoms with Gasteiger partial charge in [0.2, 0.25) is 0 Å². The molecule has 1 aromatic carbocycles. The standard InChI is InChI=1S/C20H23ClN4O3/c1-3-12(4-2)18-22-11-17-19(26)23-15-9-13(14(21)10-16(15)25(17)18)20(27)24-5-7-28-8-6-24/h9-12H,3-8H2,1-2H3,(H,23,26). The van der Waals surface area contributed by atoms with E-state index >= 15 is 0 Å². The summed E-state index contributed by atoms with van der Waals surface area (Å²) in [6, 6.07) is 3.42. The van der Waals surface area contributed by atoms with Crippen molar-refractivity contribution in [3.8, 4) is 0 Å². The molecule has 1 saturated heterocycles. The van der Waals surface area contributed by atoms with Crippen molar-refractivity contribution >= 4 is 34.1 Å². The summed E-state index contributed by atoms with van der Waals surface area (Å²) < 4.78 is 7.19. The van der Waals surface area contributed by atoms with Gasteiger partial charge in [-0.05, 0) is 25.0 Å². The van der Waals surface area contributed by atoms with E-state index in [0.29, 0.717) is 47.9 Å². The number of fused-ring (bicyclic) bond motifs is 3.